The molecule has 0 unspecified atom stereocenters. The highest BCUT2D eigenvalue weighted by atomic mass is 32.2. The van der Waals surface area contributed by atoms with Crippen LogP contribution in [0.15, 0.2) is 82.6 Å². The van der Waals surface area contributed by atoms with Crippen LogP contribution in [-0.2, 0) is 26.2 Å². The molecule has 4 nitrogen and oxygen atoms in total. The lowest BCUT2D eigenvalue weighted by Gasteiger charge is -2.50. The normalized spacial score (nSPS) is 24.0. The molecule has 3 aromatic carbocycles. The molecule has 0 amide bonds. The molecule has 3 aromatic rings. The molecule has 3 aliphatic heterocycles. The van der Waals surface area contributed by atoms with E-state index in [1.165, 1.54) is 9.79 Å². The summed E-state index contributed by atoms with van der Waals surface area (Å²) in [5.74, 6) is -0.921. The minimum atomic E-state index is -1.25. The van der Waals surface area contributed by atoms with Crippen LogP contribution in [0.2, 0.25) is 0 Å². The predicted molar refractivity (Wildman–Crippen MR) is 142 cm³/mol. The van der Waals surface area contributed by atoms with Crippen LogP contribution < -0.4 is 0 Å². The molecule has 3 aliphatic rings. The zero-order chi connectivity index (χ0) is 24.5. The van der Waals surface area contributed by atoms with E-state index >= 15 is 0 Å². The SMILES string of the molecule is CSc1ccc(C(O)(c2ccc(CCC34OCC(C)(CO3)CO4)cc2)c2ccc(SC)cc2)cc1. The van der Waals surface area contributed by atoms with Crippen molar-refractivity contribution < 1.29 is 19.3 Å². The number of thioether (sulfide) groups is 2. The Hall–Kier alpha value is -1.80. The molecule has 0 atom stereocenters. The summed E-state index contributed by atoms with van der Waals surface area (Å²) in [6.07, 6.45) is 5.52. The maximum Gasteiger partial charge on any atom is 0.283 e. The smallest absolute Gasteiger partial charge is 0.283 e. The monoisotopic (exact) mass is 508 g/mol. The van der Waals surface area contributed by atoms with Crippen molar-refractivity contribution in [2.75, 3.05) is 32.3 Å². The fourth-order valence-corrected chi connectivity index (χ4v) is 5.51. The highest BCUT2D eigenvalue weighted by molar-refractivity contribution is 7.98. The molecule has 0 radical (unpaired) electrons. The first kappa shape index (κ1) is 24.9. The third-order valence-corrected chi connectivity index (χ3v) is 8.52. The standard InChI is InChI=1S/C29H32O4S2/c1-27-18-31-28(32-19-27,33-20-27)17-16-21-4-6-22(7-5-21)29(30,23-8-12-25(34-2)13-9-23)24-10-14-26(35-3)15-11-24/h4-15,30H,16-20H2,1-3H3. The molecule has 6 heteroatoms. The first-order valence-electron chi connectivity index (χ1n) is 11.9. The zero-order valence-corrected chi connectivity index (χ0v) is 22.1. The lowest BCUT2D eigenvalue weighted by atomic mass is 9.80. The first-order chi connectivity index (χ1) is 16.9. The van der Waals surface area contributed by atoms with Crippen LogP contribution in [0.1, 0.15) is 35.6 Å². The summed E-state index contributed by atoms with van der Waals surface area (Å²) >= 11 is 3.39. The van der Waals surface area contributed by atoms with Crippen molar-refractivity contribution in [1.29, 1.82) is 0 Å². The van der Waals surface area contributed by atoms with Gasteiger partial charge in [-0.1, -0.05) is 55.5 Å². The molecule has 3 fully saturated rings. The van der Waals surface area contributed by atoms with Gasteiger partial charge in [0.2, 0.25) is 0 Å². The predicted octanol–water partition coefficient (Wildman–Crippen LogP) is 6.08. The summed E-state index contributed by atoms with van der Waals surface area (Å²) in [4.78, 5) is 2.34. The van der Waals surface area contributed by atoms with Crippen molar-refractivity contribution in [1.82, 2.24) is 0 Å². The van der Waals surface area contributed by atoms with Crippen LogP contribution in [0, 0.1) is 5.41 Å². The third kappa shape index (κ3) is 4.93. The summed E-state index contributed by atoms with van der Waals surface area (Å²) in [5, 5.41) is 12.2. The van der Waals surface area contributed by atoms with Gasteiger partial charge in [0.15, 0.2) is 0 Å². The molecule has 0 saturated carbocycles. The maximum atomic E-state index is 12.2. The second kappa shape index (κ2) is 9.92. The molecular formula is C29H32O4S2. The van der Waals surface area contributed by atoms with Crippen LogP contribution in [0.3, 0.4) is 0 Å². The molecule has 0 aliphatic carbocycles. The minimum absolute atomic E-state index is 0.0319. The zero-order valence-electron chi connectivity index (χ0n) is 20.5. The molecular weight excluding hydrogens is 476 g/mol. The van der Waals surface area contributed by atoms with Crippen molar-refractivity contribution in [2.45, 2.75) is 41.1 Å². The summed E-state index contributed by atoms with van der Waals surface area (Å²) in [7, 11) is 0. The van der Waals surface area contributed by atoms with Gasteiger partial charge in [0.1, 0.15) is 5.60 Å². The van der Waals surface area contributed by atoms with E-state index < -0.39 is 11.6 Å². The number of hydrogen-bond donors (Lipinski definition) is 1. The molecule has 1 N–H and O–H groups in total. The van der Waals surface area contributed by atoms with Crippen molar-refractivity contribution in [3.8, 4) is 0 Å². The topological polar surface area (TPSA) is 47.9 Å². The van der Waals surface area contributed by atoms with Gasteiger partial charge in [-0.25, -0.2) is 0 Å². The maximum absolute atomic E-state index is 12.2. The van der Waals surface area contributed by atoms with Gasteiger partial charge in [-0.2, -0.15) is 0 Å². The molecule has 0 aromatic heterocycles. The Balaban J connectivity index is 1.40. The molecule has 2 bridgehead atoms. The number of ether oxygens (including phenoxy) is 3. The van der Waals surface area contributed by atoms with E-state index in [9.17, 15) is 5.11 Å². The average molecular weight is 509 g/mol. The van der Waals surface area contributed by atoms with Gasteiger partial charge in [0, 0.05) is 21.6 Å². The summed E-state index contributed by atoms with van der Waals surface area (Å²) in [5.41, 5.74) is 2.40. The van der Waals surface area contributed by atoms with Gasteiger partial charge in [0.25, 0.3) is 5.97 Å². The Bertz CT molecular complexity index is 1070. The Morgan fingerprint density at radius 3 is 1.51 bits per heavy atom. The van der Waals surface area contributed by atoms with Crippen LogP contribution in [-0.4, -0.2) is 43.4 Å². The highest BCUT2D eigenvalue weighted by Gasteiger charge is 2.49. The number of hydrogen-bond acceptors (Lipinski definition) is 6. The highest BCUT2D eigenvalue weighted by Crippen LogP contribution is 2.41. The fraction of sp³-hybridized carbons (Fsp3) is 0.379. The largest absolute Gasteiger partial charge is 0.376 e. The van der Waals surface area contributed by atoms with Gasteiger partial charge in [-0.05, 0) is 65.5 Å². The first-order valence-corrected chi connectivity index (χ1v) is 14.4. The number of aliphatic hydroxyl groups is 1. The quantitative estimate of drug-likeness (QED) is 0.294. The van der Waals surface area contributed by atoms with Crippen LogP contribution in [0.25, 0.3) is 0 Å². The van der Waals surface area contributed by atoms with E-state index in [0.717, 1.165) is 28.7 Å². The number of aryl methyl sites for hydroxylation is 1. The van der Waals surface area contributed by atoms with Gasteiger partial charge < -0.3 is 19.3 Å². The number of benzene rings is 3. The molecule has 3 saturated heterocycles. The van der Waals surface area contributed by atoms with Crippen molar-refractivity contribution in [3.05, 3.63) is 95.1 Å². The third-order valence-electron chi connectivity index (χ3n) is 7.03. The average Bonchev–Trinajstić information content (AvgIpc) is 2.93. The fourth-order valence-electron chi connectivity index (χ4n) is 4.69. The van der Waals surface area contributed by atoms with Gasteiger partial charge >= 0.3 is 0 Å². The van der Waals surface area contributed by atoms with E-state index in [4.69, 9.17) is 14.2 Å². The molecule has 6 rings (SSSR count). The Morgan fingerprint density at radius 1 is 0.714 bits per heavy atom. The Labute approximate surface area is 216 Å². The molecule has 0 spiro atoms. The second-order valence-electron chi connectivity index (χ2n) is 9.72. The van der Waals surface area contributed by atoms with Crippen molar-refractivity contribution >= 4 is 23.5 Å². The summed E-state index contributed by atoms with van der Waals surface area (Å²) < 4.78 is 17.8. The number of fused-ring (bicyclic) bond motifs is 3. The Morgan fingerprint density at radius 2 is 1.11 bits per heavy atom. The van der Waals surface area contributed by atoms with Crippen molar-refractivity contribution in [3.63, 3.8) is 0 Å². The molecule has 35 heavy (non-hydrogen) atoms. The molecule has 184 valence electrons. The van der Waals surface area contributed by atoms with Gasteiger partial charge in [-0.3, -0.25) is 0 Å². The van der Waals surface area contributed by atoms with Gasteiger partial charge in [0.05, 0.1) is 19.8 Å². The second-order valence-corrected chi connectivity index (χ2v) is 11.5. The van der Waals surface area contributed by atoms with Crippen LogP contribution >= 0.6 is 23.5 Å². The lowest BCUT2D eigenvalue weighted by Crippen LogP contribution is -2.59. The molecule has 3 heterocycles. The van der Waals surface area contributed by atoms with Crippen LogP contribution in [0.5, 0.6) is 0 Å². The Kier molecular flexibility index (Phi) is 7.05. The van der Waals surface area contributed by atoms with Crippen LogP contribution in [0.4, 0.5) is 0 Å². The minimum Gasteiger partial charge on any atom is -0.376 e. The van der Waals surface area contributed by atoms with Crippen molar-refractivity contribution in [2.24, 2.45) is 5.41 Å². The lowest BCUT2D eigenvalue weighted by molar-refractivity contribution is -0.467. The van der Waals surface area contributed by atoms with E-state index in [-0.39, 0.29) is 5.41 Å². The van der Waals surface area contributed by atoms with E-state index in [1.807, 2.05) is 36.4 Å². The number of rotatable bonds is 8. The van der Waals surface area contributed by atoms with E-state index in [2.05, 4.69) is 55.8 Å². The van der Waals surface area contributed by atoms with E-state index in [1.54, 1.807) is 23.5 Å². The summed E-state index contributed by atoms with van der Waals surface area (Å²) in [6, 6.07) is 24.6. The summed E-state index contributed by atoms with van der Waals surface area (Å²) in [6.45, 7) is 4.14. The van der Waals surface area contributed by atoms with E-state index in [0.29, 0.717) is 26.2 Å². The van der Waals surface area contributed by atoms with Gasteiger partial charge in [-0.15, -0.1) is 23.5 Å².